The number of fused-ring (bicyclic) bond motifs is 15. The second-order valence-electron chi connectivity index (χ2n) is 22.4. The van der Waals surface area contributed by atoms with Crippen LogP contribution in [0.25, 0.3) is 109 Å². The standard InChI is InChI=1S/2C20H24N2O.C13H10N2O.C12H7BrN2.C12H8N2O.3CO.ClH.Re/c2*1-2-3-4-5-6-7-13-23-18-14-17-11-10-16-9-8-12-21-19(16)20(17)22-15-18;1-16-11-7-10-5-4-9-3-2-6-14-12(9)13(10)15-8-11;13-10-6-9-4-3-8-2-1-5-14-11(8)12(9)15-7-10;15-10-6-9-4-3-8-2-1-5-13-11(8)12(9)14-7-10;3*1-2;;/h2*8-12,14-15H,2-7,13H2,1H3;2-8H,1H3;1-7H;1-7,13H;;;;1H;/q;;;;;;;;;+1/p-1. The molecule has 0 saturated carbocycles. The van der Waals surface area contributed by atoms with Crippen LogP contribution in [0.3, 0.4) is 0 Å². The van der Waals surface area contributed by atoms with Gasteiger partial charge >= 0.3 is 61.6 Å². The number of aromatic amines is 1. The zero-order valence-electron chi connectivity index (χ0n) is 55.6. The van der Waals surface area contributed by atoms with Crippen molar-refractivity contribution in [3.05, 3.63) is 248 Å². The van der Waals surface area contributed by atoms with Gasteiger partial charge in [0.25, 0.3) is 0 Å². The Morgan fingerprint density at radius 3 is 1.12 bits per heavy atom. The molecule has 15 aromatic rings. The van der Waals surface area contributed by atoms with Gasteiger partial charge in [0.15, 0.2) is 5.43 Å². The minimum absolute atomic E-state index is 0.0576. The van der Waals surface area contributed by atoms with Crippen LogP contribution >= 0.6 is 25.5 Å². The van der Waals surface area contributed by atoms with E-state index < -0.39 is 0 Å². The van der Waals surface area contributed by atoms with Gasteiger partial charge in [0.05, 0.1) is 100 Å². The summed E-state index contributed by atoms with van der Waals surface area (Å²) in [5.74, 6) is 2.46. The van der Waals surface area contributed by atoms with Crippen LogP contribution < -0.4 is 19.6 Å². The zero-order chi connectivity index (χ0) is 71.3. The Kier molecular flexibility index (Phi) is 33.1. The van der Waals surface area contributed by atoms with E-state index in [1.165, 1.54) is 88.6 Å². The monoisotopic (exact) mass is 1590 g/mol. The Hall–Kier alpha value is -9.95. The first-order valence-electron chi connectivity index (χ1n) is 32.4. The maximum absolute atomic E-state index is 11.1. The molecule has 10 heterocycles. The van der Waals surface area contributed by atoms with Gasteiger partial charge in [-0.3, -0.25) is 44.7 Å². The Labute approximate surface area is 603 Å². The average molecular weight is 1590 g/mol. The molecule has 10 aromatic heterocycles. The van der Waals surface area contributed by atoms with Crippen LogP contribution in [0.15, 0.2) is 223 Å². The average Bonchev–Trinajstić information content (AvgIpc) is 0.821. The summed E-state index contributed by atoms with van der Waals surface area (Å²) in [5, 5.41) is 10.7. The molecule has 0 fully saturated rings. The quantitative estimate of drug-likeness (QED) is 0.0387. The molecule has 0 saturated heterocycles. The molecule has 5 aromatic carbocycles. The van der Waals surface area contributed by atoms with E-state index in [9.17, 15) is 4.79 Å². The second-order valence-corrected chi connectivity index (χ2v) is 23.3. The summed E-state index contributed by atoms with van der Waals surface area (Å²) in [4.78, 5) is 54.0. The van der Waals surface area contributed by atoms with E-state index >= 15 is 0 Å². The van der Waals surface area contributed by atoms with E-state index in [1.54, 1.807) is 38.0 Å². The summed E-state index contributed by atoms with van der Waals surface area (Å²) in [6, 6.07) is 50.1. The van der Waals surface area contributed by atoms with Crippen LogP contribution in [0.5, 0.6) is 17.2 Å². The molecule has 0 aliphatic heterocycles. The third-order valence-electron chi connectivity index (χ3n) is 15.8. The number of nitrogens with one attached hydrogen (secondary N) is 1. The number of ether oxygens (including phenoxy) is 3. The fourth-order valence-corrected chi connectivity index (χ4v) is 11.4. The van der Waals surface area contributed by atoms with E-state index in [0.717, 1.165) is 157 Å². The number of nitrogens with zero attached hydrogens (tertiary/aromatic N) is 9. The van der Waals surface area contributed by atoms with Gasteiger partial charge in [-0.1, -0.05) is 169 Å². The van der Waals surface area contributed by atoms with Crippen molar-refractivity contribution in [3.63, 3.8) is 0 Å². The topological polar surface area (TPSA) is 236 Å². The summed E-state index contributed by atoms with van der Waals surface area (Å²) in [6.07, 6.45) is 32.9. The number of halogens is 2. The van der Waals surface area contributed by atoms with Crippen LogP contribution in [-0.2, 0) is 32.1 Å². The third kappa shape index (κ3) is 21.8. The fourth-order valence-electron chi connectivity index (χ4n) is 11.0. The van der Waals surface area contributed by atoms with Gasteiger partial charge in [0.2, 0.25) is 0 Å². The van der Waals surface area contributed by atoms with Crippen molar-refractivity contribution in [1.82, 2.24) is 49.8 Å². The van der Waals surface area contributed by atoms with Crippen molar-refractivity contribution in [2.24, 2.45) is 0 Å². The summed E-state index contributed by atoms with van der Waals surface area (Å²) >= 11 is 4.61. The van der Waals surface area contributed by atoms with Gasteiger partial charge in [-0.15, -0.1) is 0 Å². The molecule has 0 unspecified atom stereocenters. The predicted molar refractivity (Wildman–Crippen MR) is 398 cm³/mol. The number of methoxy groups -OCH3 is 1. The SMILES string of the molecule is Brc1cnc2c(ccc3cccnc32)c1.CCCCCCCCOc1cnc2c(ccc3cccnc32)c1.CCCCCCCCOc1cnc2c(ccc3cccnc32)c1.COc1cnc2c(ccc3cccnc32)c1.O=c1cnc2c(ccc3ccc[nH]c32)c1.[C-]#[O+].[C-]#[O+].[C-]#[O+].[Cl][Re]. The maximum atomic E-state index is 11.1. The molecular formula is C80H73BrClN10O7Re. The number of aromatic nitrogens is 10. The first-order chi connectivity index (χ1) is 49.3. The first kappa shape index (κ1) is 77.4. The third-order valence-corrected chi connectivity index (χ3v) is 16.2. The summed E-state index contributed by atoms with van der Waals surface area (Å²) in [5.41, 5.74) is 9.30. The molecule has 0 amide bonds. The number of pyridine rings is 10. The Morgan fingerprint density at radius 1 is 0.380 bits per heavy atom. The van der Waals surface area contributed by atoms with Crippen molar-refractivity contribution in [2.45, 2.75) is 90.9 Å². The van der Waals surface area contributed by atoms with Gasteiger partial charge in [-0.05, 0) is 89.4 Å². The van der Waals surface area contributed by atoms with Crippen LogP contribution in [0.4, 0.5) is 0 Å². The summed E-state index contributed by atoms with van der Waals surface area (Å²) in [6.45, 7) is 19.5. The van der Waals surface area contributed by atoms with E-state index in [2.05, 4.69) is 166 Å². The minimum atomic E-state index is -0.0576. The Balaban J connectivity index is 0.000000173. The fraction of sp³-hybridized carbons (Fsp3) is 0.212. The molecule has 17 nitrogen and oxygen atoms in total. The number of hydrogen-bond acceptors (Lipinski definition) is 13. The van der Waals surface area contributed by atoms with Crippen LogP contribution in [-0.4, -0.2) is 70.2 Å². The van der Waals surface area contributed by atoms with Gasteiger partial charge < -0.3 is 19.2 Å². The molecule has 506 valence electrons. The number of hydrogen-bond donors (Lipinski definition) is 1. The van der Waals surface area contributed by atoms with Crippen LogP contribution in [0.1, 0.15) is 90.9 Å². The summed E-state index contributed by atoms with van der Waals surface area (Å²) in [7, 11) is 6.34. The number of H-pyrrole nitrogens is 1. The van der Waals surface area contributed by atoms with Crippen LogP contribution in [0.2, 0.25) is 0 Å². The van der Waals surface area contributed by atoms with Gasteiger partial charge in [-0.2, -0.15) is 0 Å². The van der Waals surface area contributed by atoms with Gasteiger partial charge in [0, 0.05) is 95.5 Å². The van der Waals surface area contributed by atoms with E-state index in [0.29, 0.717) is 0 Å². The van der Waals surface area contributed by atoms with Crippen molar-refractivity contribution in [2.75, 3.05) is 20.3 Å². The molecule has 20 heteroatoms. The first-order valence-corrected chi connectivity index (χ1v) is 36.6. The number of rotatable bonds is 17. The van der Waals surface area contributed by atoms with Crippen molar-refractivity contribution >= 4 is 134 Å². The molecule has 15 rings (SSSR count). The molecule has 0 radical (unpaired) electrons. The molecule has 100 heavy (non-hydrogen) atoms. The van der Waals surface area contributed by atoms with E-state index in [-0.39, 0.29) is 5.43 Å². The molecule has 0 aliphatic carbocycles. The summed E-state index contributed by atoms with van der Waals surface area (Å²) < 4.78 is 40.3. The van der Waals surface area contributed by atoms with Gasteiger partial charge in [-0.25, -0.2) is 4.98 Å². The molecule has 0 bridgehead atoms. The van der Waals surface area contributed by atoms with Crippen molar-refractivity contribution < 1.29 is 46.3 Å². The predicted octanol–water partition coefficient (Wildman–Crippen LogP) is 20.0. The van der Waals surface area contributed by atoms with Crippen LogP contribution in [0, 0.1) is 20.0 Å². The Bertz CT molecular complexity index is 5060. The zero-order valence-corrected chi connectivity index (χ0v) is 60.7. The van der Waals surface area contributed by atoms with E-state index in [4.69, 9.17) is 37.7 Å². The Morgan fingerprint density at radius 2 is 0.700 bits per heavy atom. The molecule has 0 spiro atoms. The van der Waals surface area contributed by atoms with Gasteiger partial charge in [0.1, 0.15) is 17.2 Å². The molecule has 1 N–H and O–H groups in total. The van der Waals surface area contributed by atoms with Crippen molar-refractivity contribution in [3.8, 4) is 17.2 Å². The van der Waals surface area contributed by atoms with E-state index in [1.807, 2.05) is 110 Å². The molecular weight excluding hydrogens is 1510 g/mol. The number of benzene rings is 5. The van der Waals surface area contributed by atoms with Crippen molar-refractivity contribution in [1.29, 1.82) is 0 Å². The molecule has 0 aliphatic rings. The molecule has 0 atom stereocenters. The normalized spacial score (nSPS) is 10.3. The second kappa shape index (κ2) is 42.8. The number of unbranched alkanes of at least 4 members (excludes halogenated alkanes) is 10.